The van der Waals surface area contributed by atoms with E-state index in [-0.39, 0.29) is 23.3 Å². The van der Waals surface area contributed by atoms with Gasteiger partial charge >= 0.3 is 0 Å². The summed E-state index contributed by atoms with van der Waals surface area (Å²) in [4.78, 5) is 30.2. The van der Waals surface area contributed by atoms with Crippen molar-refractivity contribution in [2.24, 2.45) is 5.92 Å². The first-order valence-corrected chi connectivity index (χ1v) is 10.8. The zero-order valence-electron chi connectivity index (χ0n) is 17.3. The van der Waals surface area contributed by atoms with Gasteiger partial charge in [0.25, 0.3) is 5.56 Å². The van der Waals surface area contributed by atoms with E-state index < -0.39 is 0 Å². The lowest BCUT2D eigenvalue weighted by Crippen LogP contribution is -2.37. The van der Waals surface area contributed by atoms with Crippen LogP contribution in [-0.2, 0) is 11.3 Å². The Morgan fingerprint density at radius 2 is 1.79 bits per heavy atom. The summed E-state index contributed by atoms with van der Waals surface area (Å²) >= 11 is 1.30. The second kappa shape index (κ2) is 9.27. The average molecular weight is 410 g/mol. The molecule has 0 radical (unpaired) electrons. The standard InChI is InChI=1S/C23H27N3O2S/c1-15(2)17(4)24-21(27)14-29-23-25-20-8-6-5-7-19(20)22(28)26(23)13-18-11-9-16(3)10-12-18/h5-12,15,17H,13-14H2,1-4H3,(H,24,27). The maximum atomic E-state index is 13.1. The van der Waals surface area contributed by atoms with Crippen molar-refractivity contribution in [3.8, 4) is 0 Å². The molecule has 1 aromatic heterocycles. The smallest absolute Gasteiger partial charge is 0.262 e. The van der Waals surface area contributed by atoms with Gasteiger partial charge in [-0.3, -0.25) is 14.2 Å². The number of hydrogen-bond donors (Lipinski definition) is 1. The minimum absolute atomic E-state index is 0.0551. The fourth-order valence-electron chi connectivity index (χ4n) is 2.87. The zero-order chi connectivity index (χ0) is 21.0. The number of rotatable bonds is 7. The van der Waals surface area contributed by atoms with Gasteiger partial charge in [0.15, 0.2) is 5.16 Å². The van der Waals surface area contributed by atoms with Crippen molar-refractivity contribution in [1.29, 1.82) is 0 Å². The van der Waals surface area contributed by atoms with Gasteiger partial charge in [-0.05, 0) is 37.5 Å². The van der Waals surface area contributed by atoms with E-state index in [1.54, 1.807) is 10.6 Å². The molecule has 0 saturated heterocycles. The molecule has 0 aliphatic rings. The number of carbonyl (C=O) groups excluding carboxylic acids is 1. The van der Waals surface area contributed by atoms with E-state index in [1.807, 2.05) is 56.3 Å². The number of para-hydroxylation sites is 1. The number of aryl methyl sites for hydroxylation is 1. The van der Waals surface area contributed by atoms with E-state index in [1.165, 1.54) is 17.3 Å². The first kappa shape index (κ1) is 21.1. The zero-order valence-corrected chi connectivity index (χ0v) is 18.1. The molecule has 2 aromatic carbocycles. The lowest BCUT2D eigenvalue weighted by Gasteiger charge is -2.18. The molecule has 29 heavy (non-hydrogen) atoms. The maximum Gasteiger partial charge on any atom is 0.262 e. The van der Waals surface area contributed by atoms with Crippen molar-refractivity contribution < 1.29 is 4.79 Å². The fraction of sp³-hybridized carbons (Fsp3) is 0.348. The van der Waals surface area contributed by atoms with Crippen molar-refractivity contribution in [2.45, 2.75) is 45.4 Å². The first-order chi connectivity index (χ1) is 13.8. The summed E-state index contributed by atoms with van der Waals surface area (Å²) < 4.78 is 1.66. The van der Waals surface area contributed by atoms with Crippen LogP contribution in [-0.4, -0.2) is 27.3 Å². The molecule has 0 bridgehead atoms. The molecule has 0 spiro atoms. The number of benzene rings is 2. The number of fused-ring (bicyclic) bond motifs is 1. The third-order valence-electron chi connectivity index (χ3n) is 5.01. The Bertz CT molecular complexity index is 1060. The largest absolute Gasteiger partial charge is 0.353 e. The van der Waals surface area contributed by atoms with E-state index >= 15 is 0 Å². The van der Waals surface area contributed by atoms with Crippen molar-refractivity contribution in [3.05, 3.63) is 70.0 Å². The molecule has 1 atom stereocenters. The van der Waals surface area contributed by atoms with Gasteiger partial charge in [0.1, 0.15) is 0 Å². The normalized spacial score (nSPS) is 12.3. The molecule has 1 amide bonds. The van der Waals surface area contributed by atoms with Gasteiger partial charge in [-0.2, -0.15) is 0 Å². The van der Waals surface area contributed by atoms with E-state index in [4.69, 9.17) is 0 Å². The Morgan fingerprint density at radius 1 is 1.10 bits per heavy atom. The molecule has 3 rings (SSSR count). The number of amides is 1. The topological polar surface area (TPSA) is 64.0 Å². The predicted molar refractivity (Wildman–Crippen MR) is 119 cm³/mol. The maximum absolute atomic E-state index is 13.1. The molecule has 152 valence electrons. The van der Waals surface area contributed by atoms with Crippen molar-refractivity contribution in [3.63, 3.8) is 0 Å². The summed E-state index contributed by atoms with van der Waals surface area (Å²) in [7, 11) is 0. The van der Waals surface area contributed by atoms with Crippen LogP contribution in [0.4, 0.5) is 0 Å². The summed E-state index contributed by atoms with van der Waals surface area (Å²) in [5, 5.41) is 4.14. The van der Waals surface area contributed by atoms with Gasteiger partial charge in [-0.25, -0.2) is 4.98 Å². The molecule has 1 heterocycles. The molecule has 0 saturated carbocycles. The van der Waals surface area contributed by atoms with Crippen LogP contribution in [0.3, 0.4) is 0 Å². The Labute approximate surface area is 175 Å². The predicted octanol–water partition coefficient (Wildman–Crippen LogP) is 4.01. The van der Waals surface area contributed by atoms with Crippen LogP contribution in [0.1, 0.15) is 31.9 Å². The molecule has 5 nitrogen and oxygen atoms in total. The highest BCUT2D eigenvalue weighted by atomic mass is 32.2. The fourth-order valence-corrected chi connectivity index (χ4v) is 3.68. The molecular weight excluding hydrogens is 382 g/mol. The number of nitrogens with zero attached hydrogens (tertiary/aromatic N) is 2. The molecule has 6 heteroatoms. The van der Waals surface area contributed by atoms with Crippen LogP contribution in [0.15, 0.2) is 58.5 Å². The Balaban J connectivity index is 1.90. The highest BCUT2D eigenvalue weighted by molar-refractivity contribution is 7.99. The number of nitrogens with one attached hydrogen (secondary N) is 1. The lowest BCUT2D eigenvalue weighted by molar-refractivity contribution is -0.119. The molecule has 1 unspecified atom stereocenters. The van der Waals surface area contributed by atoms with Crippen LogP contribution in [0.5, 0.6) is 0 Å². The Hall–Kier alpha value is -2.60. The molecule has 0 aliphatic carbocycles. The summed E-state index contributed by atoms with van der Waals surface area (Å²) in [6.07, 6.45) is 0. The van der Waals surface area contributed by atoms with Gasteiger partial charge in [0.05, 0.1) is 23.2 Å². The first-order valence-electron chi connectivity index (χ1n) is 9.82. The summed E-state index contributed by atoms with van der Waals surface area (Å²) in [6, 6.07) is 15.5. The second-order valence-electron chi connectivity index (χ2n) is 7.68. The molecule has 3 aromatic rings. The third kappa shape index (κ3) is 5.26. The molecule has 0 fully saturated rings. The summed E-state index contributed by atoms with van der Waals surface area (Å²) in [6.45, 7) is 8.59. The highest BCUT2D eigenvalue weighted by Gasteiger charge is 2.15. The van der Waals surface area contributed by atoms with Gasteiger partial charge in [0.2, 0.25) is 5.91 Å². The second-order valence-corrected chi connectivity index (χ2v) is 8.62. The van der Waals surface area contributed by atoms with Crippen molar-refractivity contribution in [1.82, 2.24) is 14.9 Å². The van der Waals surface area contributed by atoms with Gasteiger partial charge < -0.3 is 5.32 Å². The number of hydrogen-bond acceptors (Lipinski definition) is 4. The van der Waals surface area contributed by atoms with Crippen LogP contribution in [0.25, 0.3) is 10.9 Å². The van der Waals surface area contributed by atoms with E-state index in [2.05, 4.69) is 24.1 Å². The number of aromatic nitrogens is 2. The van der Waals surface area contributed by atoms with Crippen molar-refractivity contribution in [2.75, 3.05) is 5.75 Å². The summed E-state index contributed by atoms with van der Waals surface area (Å²) in [5.41, 5.74) is 2.75. The minimum Gasteiger partial charge on any atom is -0.353 e. The lowest BCUT2D eigenvalue weighted by atomic mass is 10.1. The average Bonchev–Trinajstić information content (AvgIpc) is 2.70. The number of thioether (sulfide) groups is 1. The summed E-state index contributed by atoms with van der Waals surface area (Å²) in [5.74, 6) is 0.526. The van der Waals surface area contributed by atoms with Crippen molar-refractivity contribution >= 4 is 28.6 Å². The van der Waals surface area contributed by atoms with Crippen LogP contribution >= 0.6 is 11.8 Å². The minimum atomic E-state index is -0.0883. The van der Waals surface area contributed by atoms with E-state index in [9.17, 15) is 9.59 Å². The quantitative estimate of drug-likeness (QED) is 0.473. The molecular formula is C23H27N3O2S. The van der Waals surface area contributed by atoms with E-state index in [0.717, 1.165) is 5.56 Å². The van der Waals surface area contributed by atoms with Gasteiger partial charge in [0, 0.05) is 6.04 Å². The SMILES string of the molecule is Cc1ccc(Cn2c(SCC(=O)NC(C)C(C)C)nc3ccccc3c2=O)cc1. The van der Waals surface area contributed by atoms with Gasteiger partial charge in [-0.1, -0.05) is 67.6 Å². The van der Waals surface area contributed by atoms with Crippen LogP contribution in [0.2, 0.25) is 0 Å². The number of carbonyl (C=O) groups is 1. The monoisotopic (exact) mass is 409 g/mol. The highest BCUT2D eigenvalue weighted by Crippen LogP contribution is 2.19. The molecule has 1 N–H and O–H groups in total. The van der Waals surface area contributed by atoms with E-state index in [0.29, 0.717) is 28.5 Å². The van der Waals surface area contributed by atoms with Gasteiger partial charge in [-0.15, -0.1) is 0 Å². The van der Waals surface area contributed by atoms with Crippen LogP contribution < -0.4 is 10.9 Å². The molecule has 0 aliphatic heterocycles. The Morgan fingerprint density at radius 3 is 2.48 bits per heavy atom. The third-order valence-corrected chi connectivity index (χ3v) is 5.99. The van der Waals surface area contributed by atoms with Crippen LogP contribution in [0, 0.1) is 12.8 Å². The Kier molecular flexibility index (Phi) is 6.75.